The van der Waals surface area contributed by atoms with Crippen molar-refractivity contribution in [1.29, 1.82) is 0 Å². The second-order valence-corrected chi connectivity index (χ2v) is 5.90. The standard InChI is InChI=1S/C19H21NO3/c1-19(2,18(22)23-3)16(14-10-6-4-7-11-14)20-17(21)15-12-8-5-9-13-15/h4-13,16H,1-3H3,(H,20,21). The molecule has 2 aromatic carbocycles. The van der Waals surface area contributed by atoms with Crippen LogP contribution in [0.25, 0.3) is 0 Å². The molecule has 120 valence electrons. The van der Waals surface area contributed by atoms with Gasteiger partial charge in [0.05, 0.1) is 18.6 Å². The Labute approximate surface area is 136 Å². The summed E-state index contributed by atoms with van der Waals surface area (Å²) in [5.41, 5.74) is 0.502. The molecule has 0 fully saturated rings. The summed E-state index contributed by atoms with van der Waals surface area (Å²) in [7, 11) is 1.35. The smallest absolute Gasteiger partial charge is 0.313 e. The van der Waals surface area contributed by atoms with E-state index < -0.39 is 11.5 Å². The van der Waals surface area contributed by atoms with E-state index >= 15 is 0 Å². The van der Waals surface area contributed by atoms with Crippen LogP contribution in [0.2, 0.25) is 0 Å². The molecule has 1 atom stereocenters. The van der Waals surface area contributed by atoms with Crippen LogP contribution in [0.5, 0.6) is 0 Å². The summed E-state index contributed by atoms with van der Waals surface area (Å²) in [6, 6.07) is 17.9. The molecular weight excluding hydrogens is 290 g/mol. The SMILES string of the molecule is COC(=O)C(C)(C)C(NC(=O)c1ccccc1)c1ccccc1. The van der Waals surface area contributed by atoms with E-state index in [-0.39, 0.29) is 11.9 Å². The van der Waals surface area contributed by atoms with Gasteiger partial charge in [-0.15, -0.1) is 0 Å². The van der Waals surface area contributed by atoms with Gasteiger partial charge < -0.3 is 10.1 Å². The number of carbonyl (C=O) groups excluding carboxylic acids is 2. The highest BCUT2D eigenvalue weighted by Crippen LogP contribution is 2.34. The minimum absolute atomic E-state index is 0.226. The van der Waals surface area contributed by atoms with Crippen LogP contribution in [0.4, 0.5) is 0 Å². The topological polar surface area (TPSA) is 55.4 Å². The van der Waals surface area contributed by atoms with E-state index in [1.807, 2.05) is 36.4 Å². The highest BCUT2D eigenvalue weighted by Gasteiger charge is 2.40. The molecular formula is C19H21NO3. The third kappa shape index (κ3) is 3.77. The molecule has 0 aliphatic heterocycles. The molecule has 0 radical (unpaired) electrons. The molecule has 1 amide bonds. The van der Waals surface area contributed by atoms with Crippen molar-refractivity contribution in [2.75, 3.05) is 7.11 Å². The molecule has 0 aliphatic rings. The van der Waals surface area contributed by atoms with Gasteiger partial charge in [0.1, 0.15) is 0 Å². The predicted molar refractivity (Wildman–Crippen MR) is 88.9 cm³/mol. The first-order valence-electron chi connectivity index (χ1n) is 7.46. The number of esters is 1. The number of benzene rings is 2. The normalized spacial score (nSPS) is 12.3. The number of nitrogens with one attached hydrogen (secondary N) is 1. The van der Waals surface area contributed by atoms with Crippen molar-refractivity contribution < 1.29 is 14.3 Å². The van der Waals surface area contributed by atoms with E-state index in [0.29, 0.717) is 5.56 Å². The minimum Gasteiger partial charge on any atom is -0.469 e. The fourth-order valence-corrected chi connectivity index (χ4v) is 2.51. The van der Waals surface area contributed by atoms with Gasteiger partial charge in [-0.2, -0.15) is 0 Å². The molecule has 0 saturated heterocycles. The Hall–Kier alpha value is -2.62. The van der Waals surface area contributed by atoms with E-state index in [2.05, 4.69) is 5.32 Å². The van der Waals surface area contributed by atoms with Crippen molar-refractivity contribution in [3.63, 3.8) is 0 Å². The number of amides is 1. The fourth-order valence-electron chi connectivity index (χ4n) is 2.51. The van der Waals surface area contributed by atoms with Crippen LogP contribution in [-0.4, -0.2) is 19.0 Å². The lowest BCUT2D eigenvalue weighted by atomic mass is 9.80. The summed E-state index contributed by atoms with van der Waals surface area (Å²) in [5, 5.41) is 2.97. The quantitative estimate of drug-likeness (QED) is 0.862. The van der Waals surface area contributed by atoms with Crippen LogP contribution in [-0.2, 0) is 9.53 Å². The first kappa shape index (κ1) is 16.7. The van der Waals surface area contributed by atoms with Gasteiger partial charge in [-0.25, -0.2) is 0 Å². The molecule has 2 aromatic rings. The number of ether oxygens (including phenoxy) is 1. The predicted octanol–water partition coefficient (Wildman–Crippen LogP) is 3.36. The molecule has 1 N–H and O–H groups in total. The summed E-state index contributed by atoms with van der Waals surface area (Å²) in [6.45, 7) is 3.53. The number of carbonyl (C=O) groups is 2. The van der Waals surface area contributed by atoms with Crippen LogP contribution in [0, 0.1) is 5.41 Å². The minimum atomic E-state index is -0.902. The maximum atomic E-state index is 12.5. The highest BCUT2D eigenvalue weighted by molar-refractivity contribution is 5.95. The van der Waals surface area contributed by atoms with Crippen LogP contribution in [0.15, 0.2) is 60.7 Å². The number of rotatable bonds is 5. The van der Waals surface area contributed by atoms with Crippen molar-refractivity contribution in [1.82, 2.24) is 5.32 Å². The van der Waals surface area contributed by atoms with Crippen molar-refractivity contribution in [3.8, 4) is 0 Å². The summed E-state index contributed by atoms with van der Waals surface area (Å²) in [6.07, 6.45) is 0. The molecule has 0 aliphatic carbocycles. The summed E-state index contributed by atoms with van der Waals surface area (Å²) in [4.78, 5) is 24.7. The molecule has 0 saturated carbocycles. The van der Waals surface area contributed by atoms with E-state index in [1.165, 1.54) is 7.11 Å². The first-order valence-corrected chi connectivity index (χ1v) is 7.46. The maximum Gasteiger partial charge on any atom is 0.313 e. The highest BCUT2D eigenvalue weighted by atomic mass is 16.5. The Bertz CT molecular complexity index is 666. The van der Waals surface area contributed by atoms with Gasteiger partial charge in [-0.1, -0.05) is 48.5 Å². The zero-order valence-electron chi connectivity index (χ0n) is 13.6. The molecule has 23 heavy (non-hydrogen) atoms. The van der Waals surface area contributed by atoms with E-state index in [4.69, 9.17) is 4.74 Å². The van der Waals surface area contributed by atoms with Crippen LogP contribution >= 0.6 is 0 Å². The van der Waals surface area contributed by atoms with Gasteiger partial charge in [0, 0.05) is 5.56 Å². The Morgan fingerprint density at radius 3 is 2.00 bits per heavy atom. The first-order chi connectivity index (χ1) is 11.0. The van der Waals surface area contributed by atoms with E-state index in [9.17, 15) is 9.59 Å². The third-order valence-electron chi connectivity index (χ3n) is 3.88. The van der Waals surface area contributed by atoms with Crippen molar-refractivity contribution in [2.24, 2.45) is 5.41 Å². The van der Waals surface area contributed by atoms with E-state index in [0.717, 1.165) is 5.56 Å². The molecule has 0 spiro atoms. The fraction of sp³-hybridized carbons (Fsp3) is 0.263. The Morgan fingerprint density at radius 1 is 0.957 bits per heavy atom. The van der Waals surface area contributed by atoms with Gasteiger partial charge in [0.2, 0.25) is 0 Å². The summed E-state index contributed by atoms with van der Waals surface area (Å²) in [5.74, 6) is -0.601. The lowest BCUT2D eigenvalue weighted by molar-refractivity contribution is -0.152. The maximum absolute atomic E-state index is 12.5. The largest absolute Gasteiger partial charge is 0.469 e. The van der Waals surface area contributed by atoms with Crippen molar-refractivity contribution in [3.05, 3.63) is 71.8 Å². The lowest BCUT2D eigenvalue weighted by Crippen LogP contribution is -2.43. The molecule has 0 bridgehead atoms. The molecule has 2 rings (SSSR count). The van der Waals surface area contributed by atoms with Gasteiger partial charge in [0.25, 0.3) is 5.91 Å². The molecule has 1 unspecified atom stereocenters. The van der Waals surface area contributed by atoms with Crippen molar-refractivity contribution in [2.45, 2.75) is 19.9 Å². The van der Waals surface area contributed by atoms with Crippen LogP contribution in [0.3, 0.4) is 0 Å². The van der Waals surface area contributed by atoms with Gasteiger partial charge in [0.15, 0.2) is 0 Å². The summed E-state index contributed by atoms with van der Waals surface area (Å²) >= 11 is 0. The van der Waals surface area contributed by atoms with Gasteiger partial charge >= 0.3 is 5.97 Å². The molecule has 0 aromatic heterocycles. The number of hydrogen-bond acceptors (Lipinski definition) is 3. The second kappa shape index (κ2) is 7.09. The number of hydrogen-bond donors (Lipinski definition) is 1. The number of methoxy groups -OCH3 is 1. The average molecular weight is 311 g/mol. The van der Waals surface area contributed by atoms with Crippen molar-refractivity contribution >= 4 is 11.9 Å². The molecule has 4 heteroatoms. The molecule has 0 heterocycles. The van der Waals surface area contributed by atoms with Crippen LogP contribution in [0.1, 0.15) is 35.8 Å². The lowest BCUT2D eigenvalue weighted by Gasteiger charge is -2.32. The Kier molecular flexibility index (Phi) is 5.16. The zero-order valence-corrected chi connectivity index (χ0v) is 13.6. The second-order valence-electron chi connectivity index (χ2n) is 5.90. The van der Waals surface area contributed by atoms with E-state index in [1.54, 1.807) is 38.1 Å². The molecule has 4 nitrogen and oxygen atoms in total. The average Bonchev–Trinajstić information content (AvgIpc) is 2.60. The Balaban J connectivity index is 2.35. The zero-order chi connectivity index (χ0) is 16.9. The monoisotopic (exact) mass is 311 g/mol. The summed E-state index contributed by atoms with van der Waals surface area (Å²) < 4.78 is 4.91. The van der Waals surface area contributed by atoms with Gasteiger partial charge in [-0.3, -0.25) is 9.59 Å². The Morgan fingerprint density at radius 2 is 1.48 bits per heavy atom. The third-order valence-corrected chi connectivity index (χ3v) is 3.88. The van der Waals surface area contributed by atoms with Crippen LogP contribution < -0.4 is 5.32 Å². The van der Waals surface area contributed by atoms with Gasteiger partial charge in [-0.05, 0) is 31.5 Å².